The highest BCUT2D eigenvalue weighted by molar-refractivity contribution is 7.80. The summed E-state index contributed by atoms with van der Waals surface area (Å²) in [4.78, 5) is 11.4. The molecule has 2 aliphatic rings. The van der Waals surface area contributed by atoms with Crippen molar-refractivity contribution in [1.82, 2.24) is 15.3 Å². The van der Waals surface area contributed by atoms with Crippen molar-refractivity contribution >= 4 is 52.3 Å². The third-order valence-corrected chi connectivity index (χ3v) is 7.61. The van der Waals surface area contributed by atoms with Gasteiger partial charge in [0.25, 0.3) is 0 Å². The lowest BCUT2D eigenvalue weighted by molar-refractivity contribution is 0.292. The minimum atomic E-state index is 0.0231. The van der Waals surface area contributed by atoms with Crippen molar-refractivity contribution in [2.45, 2.75) is 57.8 Å². The predicted molar refractivity (Wildman–Crippen MR) is 143 cm³/mol. The smallest absolute Gasteiger partial charge is 0.232 e. The topological polar surface area (TPSA) is 53.1 Å². The maximum atomic E-state index is 6.35. The van der Waals surface area contributed by atoms with Gasteiger partial charge in [0.05, 0.1) is 0 Å². The quantitative estimate of drug-likeness (QED) is 0.359. The Labute approximate surface area is 212 Å². The highest BCUT2D eigenvalue weighted by Crippen LogP contribution is 2.39. The molecule has 1 aliphatic heterocycles. The lowest BCUT2D eigenvalue weighted by Gasteiger charge is -2.38. The molecule has 8 heteroatoms. The fourth-order valence-electron chi connectivity index (χ4n) is 5.48. The highest BCUT2D eigenvalue weighted by Gasteiger charge is 2.34. The summed E-state index contributed by atoms with van der Waals surface area (Å²) in [5.41, 5.74) is 1.30. The van der Waals surface area contributed by atoms with Crippen LogP contribution in [0.4, 0.5) is 11.8 Å². The van der Waals surface area contributed by atoms with Crippen LogP contribution in [0, 0.1) is 11.8 Å². The van der Waals surface area contributed by atoms with E-state index in [1.165, 1.54) is 31.2 Å². The Morgan fingerprint density at radius 2 is 1.82 bits per heavy atom. The second-order valence-electron chi connectivity index (χ2n) is 9.88. The van der Waals surface area contributed by atoms with Crippen molar-refractivity contribution in [1.29, 1.82) is 0 Å². The van der Waals surface area contributed by atoms with Crippen molar-refractivity contribution in [3.05, 3.63) is 46.1 Å². The molecule has 33 heavy (non-hydrogen) atoms. The Morgan fingerprint density at radius 1 is 1.09 bits per heavy atom. The largest absolute Gasteiger partial charge is 0.361 e. The summed E-state index contributed by atoms with van der Waals surface area (Å²) in [6.45, 7) is 7.26. The summed E-state index contributed by atoms with van der Waals surface area (Å²) in [6, 6.07) is 10.1. The van der Waals surface area contributed by atoms with Crippen LogP contribution in [0.2, 0.25) is 10.2 Å². The van der Waals surface area contributed by atoms with E-state index in [-0.39, 0.29) is 5.41 Å². The number of halogens is 2. The van der Waals surface area contributed by atoms with E-state index in [0.717, 1.165) is 43.3 Å². The summed E-state index contributed by atoms with van der Waals surface area (Å²) in [7, 11) is 0. The molecule has 1 saturated carbocycles. The van der Waals surface area contributed by atoms with Crippen LogP contribution < -0.4 is 15.5 Å². The molecule has 0 unspecified atom stereocenters. The van der Waals surface area contributed by atoms with Crippen LogP contribution >= 0.6 is 35.4 Å². The molecule has 0 spiro atoms. The Bertz CT molecular complexity index is 969. The van der Waals surface area contributed by atoms with Crippen LogP contribution in [0.5, 0.6) is 0 Å². The average Bonchev–Trinajstić information content (AvgIpc) is 2.77. The molecule has 0 radical (unpaired) electrons. The maximum absolute atomic E-state index is 6.35. The van der Waals surface area contributed by atoms with E-state index >= 15 is 0 Å². The van der Waals surface area contributed by atoms with Crippen molar-refractivity contribution in [3.8, 4) is 0 Å². The molecule has 4 rings (SSSR count). The van der Waals surface area contributed by atoms with Crippen LogP contribution in [-0.2, 0) is 5.41 Å². The molecule has 2 heterocycles. The second kappa shape index (κ2) is 10.7. The monoisotopic (exact) mass is 505 g/mol. The van der Waals surface area contributed by atoms with Gasteiger partial charge in [-0.25, -0.2) is 4.98 Å². The highest BCUT2D eigenvalue weighted by atomic mass is 35.5. The first kappa shape index (κ1) is 24.5. The average molecular weight is 507 g/mol. The Kier molecular flexibility index (Phi) is 7.98. The van der Waals surface area contributed by atoms with Crippen molar-refractivity contribution in [3.63, 3.8) is 0 Å². The van der Waals surface area contributed by atoms with E-state index in [1.807, 2.05) is 18.2 Å². The number of hydrogen-bond donors (Lipinski definition) is 2. The van der Waals surface area contributed by atoms with Crippen LogP contribution in [0.1, 0.15) is 57.9 Å². The van der Waals surface area contributed by atoms with Gasteiger partial charge < -0.3 is 15.5 Å². The van der Waals surface area contributed by atoms with Crippen LogP contribution in [0.15, 0.2) is 30.3 Å². The number of aromatic nitrogens is 2. The van der Waals surface area contributed by atoms with E-state index in [4.69, 9.17) is 40.4 Å². The number of piperidine rings is 1. The Balaban J connectivity index is 1.44. The summed E-state index contributed by atoms with van der Waals surface area (Å²) in [6.07, 6.45) is 7.17. The normalized spacial score (nSPS) is 22.6. The van der Waals surface area contributed by atoms with E-state index in [2.05, 4.69) is 46.5 Å². The molecule has 1 saturated heterocycles. The summed E-state index contributed by atoms with van der Waals surface area (Å²) in [5.74, 6) is 2.53. The predicted octanol–water partition coefficient (Wildman–Crippen LogP) is 6.45. The lowest BCUT2D eigenvalue weighted by Crippen LogP contribution is -2.43. The van der Waals surface area contributed by atoms with Gasteiger partial charge >= 0.3 is 0 Å². The van der Waals surface area contributed by atoms with Gasteiger partial charge in [-0.1, -0.05) is 68.4 Å². The minimum absolute atomic E-state index is 0.0231. The summed E-state index contributed by atoms with van der Waals surface area (Å²) < 4.78 is 0. The first-order chi connectivity index (χ1) is 15.8. The SMILES string of the molecule is C[C@@H]1C[C@@H](C)CN(c2cc(Cl)nc(NC(=S)NCC3(c4cccc(Cl)c4)CCCCC3)n2)C1. The van der Waals surface area contributed by atoms with Crippen molar-refractivity contribution in [2.75, 3.05) is 29.9 Å². The summed E-state index contributed by atoms with van der Waals surface area (Å²) in [5, 5.41) is 8.30. The fraction of sp³-hybridized carbons (Fsp3) is 0.560. The van der Waals surface area contributed by atoms with Crippen molar-refractivity contribution in [2.24, 2.45) is 11.8 Å². The molecule has 1 aromatic heterocycles. The maximum Gasteiger partial charge on any atom is 0.232 e. The fourth-order valence-corrected chi connectivity index (χ4v) is 6.01. The lowest BCUT2D eigenvalue weighted by atomic mass is 9.69. The van der Waals surface area contributed by atoms with Crippen LogP contribution in [0.3, 0.4) is 0 Å². The number of nitrogens with zero attached hydrogens (tertiary/aromatic N) is 3. The van der Waals surface area contributed by atoms with E-state index in [1.54, 1.807) is 0 Å². The molecule has 1 aliphatic carbocycles. The van der Waals surface area contributed by atoms with Gasteiger partial charge in [0.1, 0.15) is 11.0 Å². The molecule has 178 valence electrons. The van der Waals surface area contributed by atoms with Gasteiger partial charge in [0.15, 0.2) is 5.11 Å². The first-order valence-corrected chi connectivity index (χ1v) is 13.1. The van der Waals surface area contributed by atoms with E-state index in [0.29, 0.717) is 28.0 Å². The Morgan fingerprint density at radius 3 is 2.52 bits per heavy atom. The number of nitrogens with one attached hydrogen (secondary N) is 2. The molecule has 2 N–H and O–H groups in total. The van der Waals surface area contributed by atoms with Gasteiger partial charge in [0, 0.05) is 36.1 Å². The second-order valence-corrected chi connectivity index (χ2v) is 11.1. The van der Waals surface area contributed by atoms with Gasteiger partial charge in [-0.05, 0) is 61.0 Å². The number of benzene rings is 1. The molecule has 0 amide bonds. The van der Waals surface area contributed by atoms with Gasteiger partial charge in [-0.3, -0.25) is 0 Å². The van der Waals surface area contributed by atoms with Gasteiger partial charge in [0.2, 0.25) is 5.95 Å². The summed E-state index contributed by atoms with van der Waals surface area (Å²) >= 11 is 18.3. The minimum Gasteiger partial charge on any atom is -0.361 e. The number of rotatable bonds is 5. The molecular weight excluding hydrogens is 473 g/mol. The Hall–Kier alpha value is -1.63. The molecule has 2 atom stereocenters. The van der Waals surface area contributed by atoms with Crippen LogP contribution in [-0.4, -0.2) is 34.7 Å². The van der Waals surface area contributed by atoms with E-state index < -0.39 is 0 Å². The van der Waals surface area contributed by atoms with Crippen LogP contribution in [0.25, 0.3) is 0 Å². The molecule has 2 aromatic rings. The zero-order valence-electron chi connectivity index (χ0n) is 19.4. The zero-order chi connectivity index (χ0) is 23.4. The molecule has 5 nitrogen and oxygen atoms in total. The molecule has 1 aromatic carbocycles. The molecule has 2 fully saturated rings. The molecule has 0 bridgehead atoms. The number of hydrogen-bond acceptors (Lipinski definition) is 4. The van der Waals surface area contributed by atoms with Crippen molar-refractivity contribution < 1.29 is 0 Å². The number of anilines is 2. The first-order valence-electron chi connectivity index (χ1n) is 11.9. The standard InChI is InChI=1S/C25H33Cl2N5S/c1-17-11-18(2)15-32(14-17)22-13-21(27)29-23(30-22)31-24(33)28-16-25(9-4-3-5-10-25)19-7-6-8-20(26)12-19/h6-8,12-13,17-18H,3-5,9-11,14-16H2,1-2H3,(H2,28,29,30,31,33)/t17-,18-/m1/s1. The molecular formula is C25H33Cl2N5S. The van der Waals surface area contributed by atoms with Gasteiger partial charge in [-0.15, -0.1) is 0 Å². The third-order valence-electron chi connectivity index (χ3n) is 6.93. The number of thiocarbonyl (C=S) groups is 1. The zero-order valence-corrected chi connectivity index (χ0v) is 21.7. The van der Waals surface area contributed by atoms with E-state index in [9.17, 15) is 0 Å². The van der Waals surface area contributed by atoms with Gasteiger partial charge in [-0.2, -0.15) is 4.98 Å². The third kappa shape index (κ3) is 6.28.